The second kappa shape index (κ2) is 10.7. The molecule has 1 fully saturated rings. The number of hydrogen-bond donors (Lipinski definition) is 1. The third kappa shape index (κ3) is 4.63. The van der Waals surface area contributed by atoms with Gasteiger partial charge in [-0.05, 0) is 79.7 Å². The number of aromatic nitrogens is 2. The van der Waals surface area contributed by atoms with Crippen molar-refractivity contribution in [2.24, 2.45) is 0 Å². The third-order valence-corrected chi connectivity index (χ3v) is 7.40. The number of methoxy groups -OCH3 is 2. The Bertz CT molecular complexity index is 1470. The Hall–Kier alpha value is -4.17. The van der Waals surface area contributed by atoms with Gasteiger partial charge in [0.15, 0.2) is 5.11 Å². The second-order valence-electron chi connectivity index (χ2n) is 9.27. The fourth-order valence-electron chi connectivity index (χ4n) is 5.25. The van der Waals surface area contributed by atoms with Crippen LogP contribution in [0.1, 0.15) is 50.7 Å². The van der Waals surface area contributed by atoms with E-state index in [9.17, 15) is 4.79 Å². The van der Waals surface area contributed by atoms with Crippen LogP contribution in [-0.2, 0) is 11.3 Å². The van der Waals surface area contributed by atoms with Crippen LogP contribution in [0, 0.1) is 13.8 Å². The first-order valence-electron chi connectivity index (χ1n) is 12.4. The van der Waals surface area contributed by atoms with E-state index >= 15 is 0 Å². The van der Waals surface area contributed by atoms with Gasteiger partial charge >= 0.3 is 5.97 Å². The van der Waals surface area contributed by atoms with Gasteiger partial charge in [0.1, 0.15) is 5.75 Å². The fraction of sp³-hybridized carbons (Fsp3) is 0.233. The van der Waals surface area contributed by atoms with Crippen molar-refractivity contribution in [2.45, 2.75) is 32.5 Å². The van der Waals surface area contributed by atoms with Crippen LogP contribution in [0.4, 0.5) is 0 Å². The number of nitrogens with one attached hydrogen (secondary N) is 1. The fourth-order valence-corrected chi connectivity index (χ4v) is 5.56. The highest BCUT2D eigenvalue weighted by molar-refractivity contribution is 7.80. The summed E-state index contributed by atoms with van der Waals surface area (Å²) in [5, 5.41) is 4.20. The van der Waals surface area contributed by atoms with Gasteiger partial charge < -0.3 is 24.3 Å². The van der Waals surface area contributed by atoms with Gasteiger partial charge in [0, 0.05) is 24.1 Å². The maximum Gasteiger partial charge on any atom is 0.339 e. The summed E-state index contributed by atoms with van der Waals surface area (Å²) in [6, 6.07) is 23.4. The molecule has 38 heavy (non-hydrogen) atoms. The molecular weight excluding hydrogens is 496 g/mol. The van der Waals surface area contributed by atoms with Crippen molar-refractivity contribution in [3.63, 3.8) is 0 Å². The minimum absolute atomic E-state index is 0.121. The molecule has 2 aromatic carbocycles. The highest BCUT2D eigenvalue weighted by atomic mass is 32.1. The molecule has 1 N–H and O–H groups in total. The summed E-state index contributed by atoms with van der Waals surface area (Å²) in [7, 11) is 3.07. The molecule has 5 rings (SSSR count). The standard InChI is InChI=1S/C30H30N4O3S/c1-19-17-24(20(2)34(19)26-11-6-5-9-23(26)29(35)37-4)28-27(25-10-7-8-16-31-25)32-30(38)33(28)18-21-12-14-22(36-3)15-13-21/h5-17,27-28H,18H2,1-4H3,(H,32,38)/t27-,28-/m1/s1. The van der Waals surface area contributed by atoms with Gasteiger partial charge in [-0.15, -0.1) is 0 Å². The maximum atomic E-state index is 12.6. The summed E-state index contributed by atoms with van der Waals surface area (Å²) in [4.78, 5) is 19.5. The molecular formula is C30H30N4O3S. The van der Waals surface area contributed by atoms with Crippen molar-refractivity contribution in [3.8, 4) is 11.4 Å². The lowest BCUT2D eigenvalue weighted by Gasteiger charge is -2.28. The van der Waals surface area contributed by atoms with E-state index < -0.39 is 0 Å². The smallest absolute Gasteiger partial charge is 0.339 e. The molecule has 0 saturated carbocycles. The topological polar surface area (TPSA) is 68.6 Å². The highest BCUT2D eigenvalue weighted by Gasteiger charge is 2.41. The largest absolute Gasteiger partial charge is 0.497 e. The lowest BCUT2D eigenvalue weighted by Crippen LogP contribution is -2.29. The number of para-hydroxylation sites is 1. The minimum atomic E-state index is -0.370. The van der Waals surface area contributed by atoms with Crippen LogP contribution in [0.25, 0.3) is 5.69 Å². The van der Waals surface area contributed by atoms with Crippen LogP contribution in [0.2, 0.25) is 0 Å². The molecule has 1 aliphatic heterocycles. The number of ether oxygens (including phenoxy) is 2. The van der Waals surface area contributed by atoms with Gasteiger partial charge in [-0.1, -0.05) is 30.3 Å². The van der Waals surface area contributed by atoms with Gasteiger partial charge in [0.25, 0.3) is 0 Å². The molecule has 1 saturated heterocycles. The molecule has 0 amide bonds. The monoisotopic (exact) mass is 526 g/mol. The lowest BCUT2D eigenvalue weighted by atomic mass is 9.96. The third-order valence-electron chi connectivity index (χ3n) is 7.05. The molecule has 0 aliphatic carbocycles. The van der Waals surface area contributed by atoms with E-state index in [1.54, 1.807) is 19.4 Å². The SMILES string of the molecule is COC(=O)c1ccccc1-n1c(C)cc([C@@H]2[C@@H](c3ccccn3)NC(=S)N2Cc2ccc(OC)cc2)c1C. The molecule has 0 radical (unpaired) electrons. The molecule has 0 bridgehead atoms. The van der Waals surface area contributed by atoms with Crippen LogP contribution in [-0.4, -0.2) is 39.8 Å². The van der Waals surface area contributed by atoms with Gasteiger partial charge in [0.05, 0.1) is 43.2 Å². The molecule has 1 aliphatic rings. The first-order valence-corrected chi connectivity index (χ1v) is 12.8. The first-order chi connectivity index (χ1) is 18.4. The minimum Gasteiger partial charge on any atom is -0.497 e. The average Bonchev–Trinajstić information content (AvgIpc) is 3.43. The number of carbonyl (C=O) groups excluding carboxylic acids is 1. The molecule has 7 nitrogen and oxygen atoms in total. The van der Waals surface area contributed by atoms with E-state index in [-0.39, 0.29) is 18.1 Å². The summed E-state index contributed by atoms with van der Waals surface area (Å²) in [6.45, 7) is 4.75. The van der Waals surface area contributed by atoms with Crippen molar-refractivity contribution < 1.29 is 14.3 Å². The van der Waals surface area contributed by atoms with Crippen LogP contribution in [0.15, 0.2) is 79.0 Å². The first kappa shape index (κ1) is 25.5. The number of nitrogens with zero attached hydrogens (tertiary/aromatic N) is 3. The molecule has 8 heteroatoms. The van der Waals surface area contributed by atoms with Gasteiger partial charge in [-0.25, -0.2) is 4.79 Å². The molecule has 0 spiro atoms. The molecule has 3 heterocycles. The number of thiocarbonyl (C=S) groups is 1. The van der Waals surface area contributed by atoms with E-state index in [1.807, 2.05) is 48.5 Å². The number of hydrogen-bond acceptors (Lipinski definition) is 5. The molecule has 2 aromatic heterocycles. The Morgan fingerprint density at radius 3 is 2.45 bits per heavy atom. The lowest BCUT2D eigenvalue weighted by molar-refractivity contribution is 0.0600. The van der Waals surface area contributed by atoms with Crippen LogP contribution in [0.5, 0.6) is 5.75 Å². The molecule has 0 unspecified atom stereocenters. The normalized spacial score (nSPS) is 16.8. The Morgan fingerprint density at radius 1 is 1.03 bits per heavy atom. The zero-order chi connectivity index (χ0) is 26.8. The predicted molar refractivity (Wildman–Crippen MR) is 151 cm³/mol. The van der Waals surface area contributed by atoms with Crippen molar-refractivity contribution in [1.29, 1.82) is 0 Å². The molecule has 194 valence electrons. The summed E-state index contributed by atoms with van der Waals surface area (Å²) in [5.41, 5.74) is 6.47. The Balaban J connectivity index is 1.62. The highest BCUT2D eigenvalue weighted by Crippen LogP contribution is 2.42. The zero-order valence-corrected chi connectivity index (χ0v) is 22.7. The molecule has 2 atom stereocenters. The summed E-state index contributed by atoms with van der Waals surface area (Å²) in [5.74, 6) is 0.442. The Labute approximate surface area is 228 Å². The van der Waals surface area contributed by atoms with Crippen molar-refractivity contribution in [2.75, 3.05) is 14.2 Å². The maximum absolute atomic E-state index is 12.6. The van der Waals surface area contributed by atoms with E-state index in [0.29, 0.717) is 17.2 Å². The summed E-state index contributed by atoms with van der Waals surface area (Å²) >= 11 is 5.88. The Morgan fingerprint density at radius 2 is 1.76 bits per heavy atom. The van der Waals surface area contributed by atoms with Gasteiger partial charge in [0.2, 0.25) is 0 Å². The average molecular weight is 527 g/mol. The number of esters is 1. The van der Waals surface area contributed by atoms with Crippen molar-refractivity contribution >= 4 is 23.3 Å². The van der Waals surface area contributed by atoms with Crippen LogP contribution < -0.4 is 10.1 Å². The molecule has 4 aromatic rings. The number of benzene rings is 2. The van der Waals surface area contributed by atoms with E-state index in [1.165, 1.54) is 7.11 Å². The van der Waals surface area contributed by atoms with Crippen LogP contribution >= 0.6 is 12.2 Å². The second-order valence-corrected chi connectivity index (χ2v) is 9.66. The van der Waals surface area contributed by atoms with E-state index in [4.69, 9.17) is 21.7 Å². The quantitative estimate of drug-likeness (QED) is 0.253. The summed E-state index contributed by atoms with van der Waals surface area (Å²) in [6.07, 6.45) is 1.80. The summed E-state index contributed by atoms with van der Waals surface area (Å²) < 4.78 is 12.5. The number of carbonyl (C=O) groups is 1. The van der Waals surface area contributed by atoms with Crippen molar-refractivity contribution in [1.82, 2.24) is 19.8 Å². The Kier molecular flexibility index (Phi) is 7.15. The number of rotatable bonds is 7. The van der Waals surface area contributed by atoms with Gasteiger partial charge in [-0.3, -0.25) is 4.98 Å². The number of pyridine rings is 1. The van der Waals surface area contributed by atoms with E-state index in [2.05, 4.69) is 51.8 Å². The zero-order valence-electron chi connectivity index (χ0n) is 21.8. The van der Waals surface area contributed by atoms with Crippen molar-refractivity contribution in [3.05, 3.63) is 113 Å². The predicted octanol–water partition coefficient (Wildman–Crippen LogP) is 5.46. The van der Waals surface area contributed by atoms with Crippen LogP contribution in [0.3, 0.4) is 0 Å². The number of aryl methyl sites for hydroxylation is 1. The van der Waals surface area contributed by atoms with Gasteiger partial charge in [-0.2, -0.15) is 0 Å². The van der Waals surface area contributed by atoms with E-state index in [0.717, 1.165) is 39.6 Å².